The Morgan fingerprint density at radius 3 is 2.92 bits per heavy atom. The molecule has 0 spiro atoms. The molecule has 0 radical (unpaired) electrons. The van der Waals surface area contributed by atoms with Gasteiger partial charge in [0.2, 0.25) is 0 Å². The van der Waals surface area contributed by atoms with E-state index in [0.717, 1.165) is 52.9 Å². The van der Waals surface area contributed by atoms with E-state index in [1.807, 2.05) is 50.4 Å². The number of aromatic nitrogens is 3. The smallest absolute Gasteiger partial charge is 0.253 e. The van der Waals surface area contributed by atoms with Gasteiger partial charge in [-0.15, -0.1) is 0 Å². The van der Waals surface area contributed by atoms with Crippen molar-refractivity contribution in [3.63, 3.8) is 0 Å². The van der Waals surface area contributed by atoms with Crippen LogP contribution in [0.2, 0.25) is 0 Å². The van der Waals surface area contributed by atoms with E-state index in [2.05, 4.69) is 20.3 Å². The first-order chi connectivity index (χ1) is 12.1. The van der Waals surface area contributed by atoms with Crippen molar-refractivity contribution in [1.29, 1.82) is 0 Å². The summed E-state index contributed by atoms with van der Waals surface area (Å²) < 4.78 is 0. The monoisotopic (exact) mass is 332 g/mol. The summed E-state index contributed by atoms with van der Waals surface area (Å²) in [7, 11) is 0. The van der Waals surface area contributed by atoms with Crippen LogP contribution < -0.4 is 5.32 Å². The maximum absolute atomic E-state index is 12.9. The maximum atomic E-state index is 12.9. The lowest BCUT2D eigenvalue weighted by Gasteiger charge is -2.25. The second-order valence-electron chi connectivity index (χ2n) is 6.55. The molecule has 1 N–H and O–H groups in total. The molecule has 25 heavy (non-hydrogen) atoms. The molecule has 1 atom stereocenters. The summed E-state index contributed by atoms with van der Waals surface area (Å²) in [6, 6.07) is 9.73. The SMILES string of the molecule is Cc1ncc2c(n1)CCC[C@H]2NC(=O)c1cc2ccccc2nc1C. The Morgan fingerprint density at radius 2 is 2.04 bits per heavy atom. The molecule has 0 unspecified atom stereocenters. The van der Waals surface area contributed by atoms with Crippen molar-refractivity contribution < 1.29 is 4.79 Å². The van der Waals surface area contributed by atoms with Crippen LogP contribution >= 0.6 is 0 Å². The quantitative estimate of drug-likeness (QED) is 0.780. The number of rotatable bonds is 2. The van der Waals surface area contributed by atoms with Gasteiger partial charge in [0.1, 0.15) is 5.82 Å². The van der Waals surface area contributed by atoms with Crippen molar-refractivity contribution >= 4 is 16.8 Å². The van der Waals surface area contributed by atoms with Gasteiger partial charge < -0.3 is 5.32 Å². The van der Waals surface area contributed by atoms with Crippen molar-refractivity contribution in [3.05, 3.63) is 64.9 Å². The molecular weight excluding hydrogens is 312 g/mol. The summed E-state index contributed by atoms with van der Waals surface area (Å²) in [6.07, 6.45) is 4.73. The number of carbonyl (C=O) groups excluding carboxylic acids is 1. The zero-order valence-corrected chi connectivity index (χ0v) is 14.4. The number of nitrogens with zero attached hydrogens (tertiary/aromatic N) is 3. The Balaban J connectivity index is 1.64. The van der Waals surface area contributed by atoms with Crippen molar-refractivity contribution in [2.24, 2.45) is 0 Å². The molecule has 0 saturated heterocycles. The topological polar surface area (TPSA) is 67.8 Å². The van der Waals surface area contributed by atoms with Gasteiger partial charge >= 0.3 is 0 Å². The third-order valence-electron chi connectivity index (χ3n) is 4.77. The van der Waals surface area contributed by atoms with Gasteiger partial charge in [0, 0.05) is 22.8 Å². The first-order valence-corrected chi connectivity index (χ1v) is 8.61. The molecular formula is C20H20N4O. The molecule has 5 heteroatoms. The number of carbonyl (C=O) groups is 1. The van der Waals surface area contributed by atoms with E-state index < -0.39 is 0 Å². The number of amides is 1. The number of nitrogens with one attached hydrogen (secondary N) is 1. The average Bonchev–Trinajstić information content (AvgIpc) is 2.61. The molecule has 2 aromatic heterocycles. The summed E-state index contributed by atoms with van der Waals surface area (Å²) >= 11 is 0. The predicted octanol–water partition coefficient (Wildman–Crippen LogP) is 3.45. The molecule has 4 rings (SSSR count). The van der Waals surface area contributed by atoms with Crippen LogP contribution in [0.15, 0.2) is 36.5 Å². The minimum Gasteiger partial charge on any atom is -0.345 e. The minimum atomic E-state index is -0.0887. The molecule has 1 aliphatic rings. The number of para-hydroxylation sites is 1. The van der Waals surface area contributed by atoms with Crippen LogP contribution in [-0.4, -0.2) is 20.9 Å². The Kier molecular flexibility index (Phi) is 3.92. The normalized spacial score (nSPS) is 16.5. The van der Waals surface area contributed by atoms with Crippen LogP contribution in [0, 0.1) is 13.8 Å². The van der Waals surface area contributed by atoms with E-state index in [4.69, 9.17) is 0 Å². The average molecular weight is 332 g/mol. The maximum Gasteiger partial charge on any atom is 0.253 e. The molecule has 0 saturated carbocycles. The number of pyridine rings is 1. The van der Waals surface area contributed by atoms with Gasteiger partial charge in [-0.1, -0.05) is 18.2 Å². The fraction of sp³-hybridized carbons (Fsp3) is 0.300. The van der Waals surface area contributed by atoms with Gasteiger partial charge in [0.05, 0.1) is 22.8 Å². The Labute approximate surface area is 146 Å². The number of hydrogen-bond acceptors (Lipinski definition) is 4. The summed E-state index contributed by atoms with van der Waals surface area (Å²) in [5.41, 5.74) is 4.36. The van der Waals surface area contributed by atoms with Crippen LogP contribution in [0.3, 0.4) is 0 Å². The molecule has 0 fully saturated rings. The highest BCUT2D eigenvalue weighted by Crippen LogP contribution is 2.28. The van der Waals surface area contributed by atoms with Crippen molar-refractivity contribution in [2.75, 3.05) is 0 Å². The van der Waals surface area contributed by atoms with Crippen LogP contribution in [-0.2, 0) is 6.42 Å². The van der Waals surface area contributed by atoms with Gasteiger partial charge in [0.25, 0.3) is 5.91 Å². The lowest BCUT2D eigenvalue weighted by atomic mass is 9.92. The highest BCUT2D eigenvalue weighted by atomic mass is 16.1. The lowest BCUT2D eigenvalue weighted by molar-refractivity contribution is 0.0931. The minimum absolute atomic E-state index is 0.0391. The zero-order chi connectivity index (χ0) is 17.4. The van der Waals surface area contributed by atoms with E-state index in [1.54, 1.807) is 0 Å². The first-order valence-electron chi connectivity index (χ1n) is 8.61. The Morgan fingerprint density at radius 1 is 1.20 bits per heavy atom. The second kappa shape index (κ2) is 6.24. The molecule has 5 nitrogen and oxygen atoms in total. The van der Waals surface area contributed by atoms with Crippen LogP contribution in [0.4, 0.5) is 0 Å². The number of aryl methyl sites for hydroxylation is 3. The van der Waals surface area contributed by atoms with Crippen molar-refractivity contribution in [2.45, 2.75) is 39.2 Å². The van der Waals surface area contributed by atoms with E-state index in [0.29, 0.717) is 5.56 Å². The zero-order valence-electron chi connectivity index (χ0n) is 14.4. The van der Waals surface area contributed by atoms with Crippen molar-refractivity contribution in [1.82, 2.24) is 20.3 Å². The molecule has 3 aromatic rings. The van der Waals surface area contributed by atoms with Crippen LogP contribution in [0.25, 0.3) is 10.9 Å². The Hall–Kier alpha value is -2.82. The fourth-order valence-electron chi connectivity index (χ4n) is 3.47. The summed E-state index contributed by atoms with van der Waals surface area (Å²) in [5.74, 6) is 0.689. The standard InChI is InChI=1S/C20H20N4O/c1-12-15(10-14-6-3-4-7-17(14)22-12)20(25)24-19-9-5-8-18-16(19)11-21-13(2)23-18/h3-4,6-7,10-11,19H,5,8-9H2,1-2H3,(H,24,25)/t19-/m1/s1. The third-order valence-corrected chi connectivity index (χ3v) is 4.77. The molecule has 0 bridgehead atoms. The highest BCUT2D eigenvalue weighted by Gasteiger charge is 2.24. The van der Waals surface area contributed by atoms with Gasteiger partial charge in [-0.3, -0.25) is 9.78 Å². The molecule has 1 aliphatic carbocycles. The number of benzene rings is 1. The second-order valence-corrected chi connectivity index (χ2v) is 6.55. The number of fused-ring (bicyclic) bond motifs is 2. The van der Waals surface area contributed by atoms with Gasteiger partial charge in [0.15, 0.2) is 0 Å². The summed E-state index contributed by atoms with van der Waals surface area (Å²) in [4.78, 5) is 26.3. The molecule has 126 valence electrons. The van der Waals surface area contributed by atoms with Gasteiger partial charge in [-0.2, -0.15) is 0 Å². The molecule has 2 heterocycles. The third kappa shape index (κ3) is 2.97. The number of hydrogen-bond donors (Lipinski definition) is 1. The molecule has 0 aliphatic heterocycles. The first kappa shape index (κ1) is 15.7. The van der Waals surface area contributed by atoms with Crippen LogP contribution in [0.1, 0.15) is 52.0 Å². The molecule has 1 amide bonds. The molecule has 1 aromatic carbocycles. The van der Waals surface area contributed by atoms with E-state index in [1.165, 1.54) is 0 Å². The highest BCUT2D eigenvalue weighted by molar-refractivity contribution is 5.98. The largest absolute Gasteiger partial charge is 0.345 e. The van der Waals surface area contributed by atoms with E-state index in [9.17, 15) is 4.79 Å². The fourth-order valence-corrected chi connectivity index (χ4v) is 3.47. The Bertz CT molecular complexity index is 967. The van der Waals surface area contributed by atoms with Crippen molar-refractivity contribution in [3.8, 4) is 0 Å². The summed E-state index contributed by atoms with van der Waals surface area (Å²) in [5, 5.41) is 4.13. The summed E-state index contributed by atoms with van der Waals surface area (Å²) in [6.45, 7) is 3.77. The lowest BCUT2D eigenvalue weighted by Crippen LogP contribution is -2.32. The van der Waals surface area contributed by atoms with E-state index in [-0.39, 0.29) is 11.9 Å². The van der Waals surface area contributed by atoms with E-state index >= 15 is 0 Å². The van der Waals surface area contributed by atoms with Gasteiger partial charge in [-0.25, -0.2) is 9.97 Å². The predicted molar refractivity (Wildman–Crippen MR) is 96.4 cm³/mol. The van der Waals surface area contributed by atoms with Gasteiger partial charge in [-0.05, 0) is 45.2 Å². The van der Waals surface area contributed by atoms with Crippen LogP contribution in [0.5, 0.6) is 0 Å².